The van der Waals surface area contributed by atoms with Crippen molar-refractivity contribution < 1.29 is 9.53 Å². The lowest BCUT2D eigenvalue weighted by molar-refractivity contribution is -0.120. The number of primary amides is 1. The maximum atomic E-state index is 11.5. The highest BCUT2D eigenvalue weighted by Crippen LogP contribution is 2.26. The molecular formula is C18H24N4O2. The summed E-state index contributed by atoms with van der Waals surface area (Å²) in [5.41, 5.74) is 6.63. The molecule has 1 amide bonds. The van der Waals surface area contributed by atoms with Gasteiger partial charge in [-0.25, -0.2) is 0 Å². The number of carbonyl (C=O) groups is 1. The van der Waals surface area contributed by atoms with Gasteiger partial charge in [-0.2, -0.15) is 5.10 Å². The van der Waals surface area contributed by atoms with Gasteiger partial charge < -0.3 is 10.5 Å². The molecule has 1 aliphatic rings. The van der Waals surface area contributed by atoms with Gasteiger partial charge in [-0.05, 0) is 18.6 Å². The summed E-state index contributed by atoms with van der Waals surface area (Å²) in [4.78, 5) is 13.8. The summed E-state index contributed by atoms with van der Waals surface area (Å²) in [6, 6.07) is 9.77. The average Bonchev–Trinajstić information content (AvgIpc) is 2.95. The van der Waals surface area contributed by atoms with Gasteiger partial charge in [-0.15, -0.1) is 0 Å². The van der Waals surface area contributed by atoms with Crippen molar-refractivity contribution in [3.63, 3.8) is 0 Å². The highest BCUT2D eigenvalue weighted by molar-refractivity contribution is 5.74. The molecule has 1 aliphatic heterocycles. The van der Waals surface area contributed by atoms with Crippen molar-refractivity contribution in [2.75, 3.05) is 13.1 Å². The van der Waals surface area contributed by atoms with E-state index in [2.05, 4.69) is 10.00 Å². The Morgan fingerprint density at radius 2 is 2.17 bits per heavy atom. The van der Waals surface area contributed by atoms with Gasteiger partial charge >= 0.3 is 0 Å². The van der Waals surface area contributed by atoms with Gasteiger partial charge in [-0.3, -0.25) is 14.4 Å². The lowest BCUT2D eigenvalue weighted by Crippen LogP contribution is -2.46. The number of para-hydroxylation sites is 1. The third-order valence-corrected chi connectivity index (χ3v) is 4.41. The van der Waals surface area contributed by atoms with E-state index in [1.165, 1.54) is 5.56 Å². The van der Waals surface area contributed by atoms with Crippen molar-refractivity contribution in [2.45, 2.75) is 25.5 Å². The Labute approximate surface area is 142 Å². The standard InChI is InChI=1S/C18H24N4O2/c1-21-11-14(10-20-21)12-22-8-7-17(15(13-22)9-18(19)23)24-16-5-3-2-4-6-16/h2-6,10-11,15,17H,7-9,12-13H2,1H3,(H2,19,23)/t15-,17-/m1/s1. The molecule has 1 saturated heterocycles. The van der Waals surface area contributed by atoms with Crippen molar-refractivity contribution in [3.8, 4) is 5.75 Å². The molecule has 24 heavy (non-hydrogen) atoms. The molecule has 2 N–H and O–H groups in total. The summed E-state index contributed by atoms with van der Waals surface area (Å²) in [5, 5.41) is 4.21. The molecule has 0 aliphatic carbocycles. The SMILES string of the molecule is Cn1cc(CN2CC[C@@H](Oc3ccccc3)[C@H](CC(N)=O)C2)cn1. The lowest BCUT2D eigenvalue weighted by Gasteiger charge is -2.38. The summed E-state index contributed by atoms with van der Waals surface area (Å²) in [6.07, 6.45) is 5.16. The van der Waals surface area contributed by atoms with E-state index in [0.29, 0.717) is 6.42 Å². The summed E-state index contributed by atoms with van der Waals surface area (Å²) in [5.74, 6) is 0.677. The van der Waals surface area contributed by atoms with Gasteiger partial charge in [0.2, 0.25) is 5.91 Å². The molecule has 0 radical (unpaired) electrons. The van der Waals surface area contributed by atoms with Crippen LogP contribution in [0.2, 0.25) is 0 Å². The molecule has 0 unspecified atom stereocenters. The average molecular weight is 328 g/mol. The van der Waals surface area contributed by atoms with Crippen LogP contribution in [0.25, 0.3) is 0 Å². The number of likely N-dealkylation sites (tertiary alicyclic amines) is 1. The molecular weight excluding hydrogens is 304 g/mol. The number of nitrogens with zero attached hydrogens (tertiary/aromatic N) is 3. The maximum absolute atomic E-state index is 11.5. The fourth-order valence-electron chi connectivity index (χ4n) is 3.32. The predicted molar refractivity (Wildman–Crippen MR) is 91.3 cm³/mol. The van der Waals surface area contributed by atoms with Crippen LogP contribution in [0, 0.1) is 5.92 Å². The summed E-state index contributed by atoms with van der Waals surface area (Å²) in [6.45, 7) is 2.57. The first-order valence-electron chi connectivity index (χ1n) is 8.30. The van der Waals surface area contributed by atoms with E-state index in [9.17, 15) is 4.79 Å². The Balaban J connectivity index is 1.64. The van der Waals surface area contributed by atoms with Crippen molar-refractivity contribution in [1.29, 1.82) is 0 Å². The van der Waals surface area contributed by atoms with Crippen LogP contribution in [-0.2, 0) is 18.4 Å². The fourth-order valence-corrected chi connectivity index (χ4v) is 3.32. The van der Waals surface area contributed by atoms with Gasteiger partial charge in [0.1, 0.15) is 11.9 Å². The van der Waals surface area contributed by atoms with Crippen molar-refractivity contribution in [3.05, 3.63) is 48.3 Å². The number of piperidine rings is 1. The minimum Gasteiger partial charge on any atom is -0.490 e. The molecule has 3 rings (SSSR count). The first kappa shape index (κ1) is 16.5. The molecule has 0 bridgehead atoms. The summed E-state index contributed by atoms with van der Waals surface area (Å²) >= 11 is 0. The number of hydrogen-bond acceptors (Lipinski definition) is 4. The van der Waals surface area contributed by atoms with E-state index >= 15 is 0 Å². The van der Waals surface area contributed by atoms with Crippen LogP contribution in [0.5, 0.6) is 5.75 Å². The second kappa shape index (κ2) is 7.49. The zero-order valence-electron chi connectivity index (χ0n) is 14.0. The third kappa shape index (κ3) is 4.35. The monoisotopic (exact) mass is 328 g/mol. The first-order valence-corrected chi connectivity index (χ1v) is 8.30. The van der Waals surface area contributed by atoms with Crippen LogP contribution in [-0.4, -0.2) is 39.8 Å². The Bertz CT molecular complexity index is 671. The Morgan fingerprint density at radius 3 is 2.83 bits per heavy atom. The molecule has 2 atom stereocenters. The van der Waals surface area contributed by atoms with Crippen molar-refractivity contribution in [2.24, 2.45) is 18.7 Å². The third-order valence-electron chi connectivity index (χ3n) is 4.41. The van der Waals surface area contributed by atoms with Crippen molar-refractivity contribution in [1.82, 2.24) is 14.7 Å². The van der Waals surface area contributed by atoms with Gasteiger partial charge in [0.05, 0.1) is 6.20 Å². The van der Waals surface area contributed by atoms with Crippen LogP contribution in [0.15, 0.2) is 42.7 Å². The van der Waals surface area contributed by atoms with Crippen LogP contribution in [0.1, 0.15) is 18.4 Å². The number of amides is 1. The second-order valence-electron chi connectivity index (χ2n) is 6.45. The second-order valence-corrected chi connectivity index (χ2v) is 6.45. The molecule has 1 aromatic carbocycles. The van der Waals surface area contributed by atoms with Crippen LogP contribution >= 0.6 is 0 Å². The van der Waals surface area contributed by atoms with E-state index in [-0.39, 0.29) is 17.9 Å². The highest BCUT2D eigenvalue weighted by Gasteiger charge is 2.32. The van der Waals surface area contributed by atoms with Crippen molar-refractivity contribution >= 4 is 5.91 Å². The quantitative estimate of drug-likeness (QED) is 0.873. The first-order chi connectivity index (χ1) is 11.6. The molecule has 1 aromatic heterocycles. The molecule has 0 spiro atoms. The fraction of sp³-hybridized carbons (Fsp3) is 0.444. The lowest BCUT2D eigenvalue weighted by atomic mass is 9.91. The molecule has 128 valence electrons. The van der Waals surface area contributed by atoms with Crippen LogP contribution < -0.4 is 10.5 Å². The van der Waals surface area contributed by atoms with E-state index in [4.69, 9.17) is 10.5 Å². The number of carbonyl (C=O) groups excluding carboxylic acids is 1. The number of hydrogen-bond donors (Lipinski definition) is 1. The highest BCUT2D eigenvalue weighted by atomic mass is 16.5. The van der Waals surface area contributed by atoms with E-state index < -0.39 is 0 Å². The number of ether oxygens (including phenoxy) is 1. The normalized spacial score (nSPS) is 21.5. The minimum absolute atomic E-state index is 0.0186. The topological polar surface area (TPSA) is 73.4 Å². The predicted octanol–water partition coefficient (Wildman–Crippen LogP) is 1.56. The zero-order valence-corrected chi connectivity index (χ0v) is 14.0. The number of aryl methyl sites for hydroxylation is 1. The Morgan fingerprint density at radius 1 is 1.38 bits per heavy atom. The Kier molecular flexibility index (Phi) is 5.15. The number of benzene rings is 1. The zero-order chi connectivity index (χ0) is 16.9. The van der Waals surface area contributed by atoms with Gasteiger partial charge in [0.15, 0.2) is 0 Å². The molecule has 2 aromatic rings. The number of rotatable bonds is 6. The van der Waals surface area contributed by atoms with E-state index in [1.54, 1.807) is 0 Å². The minimum atomic E-state index is -0.273. The van der Waals surface area contributed by atoms with Crippen LogP contribution in [0.4, 0.5) is 0 Å². The summed E-state index contributed by atoms with van der Waals surface area (Å²) < 4.78 is 7.93. The number of nitrogens with two attached hydrogens (primary N) is 1. The molecule has 0 saturated carbocycles. The van der Waals surface area contributed by atoms with Gasteiger partial charge in [-0.1, -0.05) is 18.2 Å². The molecule has 6 nitrogen and oxygen atoms in total. The number of aromatic nitrogens is 2. The summed E-state index contributed by atoms with van der Waals surface area (Å²) in [7, 11) is 1.92. The molecule has 2 heterocycles. The van der Waals surface area contributed by atoms with Gasteiger partial charge in [0.25, 0.3) is 0 Å². The van der Waals surface area contributed by atoms with E-state index in [1.807, 2.05) is 54.5 Å². The molecule has 6 heteroatoms. The van der Waals surface area contributed by atoms with Gasteiger partial charge in [0, 0.05) is 50.8 Å². The largest absolute Gasteiger partial charge is 0.490 e. The maximum Gasteiger partial charge on any atom is 0.217 e. The Hall–Kier alpha value is -2.34. The van der Waals surface area contributed by atoms with Crippen LogP contribution in [0.3, 0.4) is 0 Å². The smallest absolute Gasteiger partial charge is 0.217 e. The molecule has 1 fully saturated rings. The van der Waals surface area contributed by atoms with E-state index in [0.717, 1.165) is 31.8 Å².